The summed E-state index contributed by atoms with van der Waals surface area (Å²) in [6.45, 7) is 5.86. The molecule has 4 atom stereocenters. The topological polar surface area (TPSA) is 104 Å². The van der Waals surface area contributed by atoms with E-state index in [-0.39, 0.29) is 33.3 Å². The number of nitrogens with one attached hydrogen (secondary N) is 2. The number of aromatic nitrogens is 4. The van der Waals surface area contributed by atoms with E-state index >= 15 is 4.39 Å². The van der Waals surface area contributed by atoms with Crippen LogP contribution in [0.3, 0.4) is 0 Å². The normalized spacial score (nSPS) is 24.5. The van der Waals surface area contributed by atoms with Gasteiger partial charge in [0.2, 0.25) is 0 Å². The Labute approximate surface area is 193 Å². The summed E-state index contributed by atoms with van der Waals surface area (Å²) in [5.41, 5.74) is 0.969. The smallest absolute Gasteiger partial charge is 0.308 e. The minimum Gasteiger partial charge on any atom is -0.481 e. The molecule has 0 aromatic carbocycles. The van der Waals surface area contributed by atoms with Gasteiger partial charge in [-0.15, -0.1) is 0 Å². The molecule has 4 unspecified atom stereocenters. The van der Waals surface area contributed by atoms with Crippen molar-refractivity contribution < 1.29 is 18.7 Å². The van der Waals surface area contributed by atoms with Gasteiger partial charge in [0, 0.05) is 27.9 Å². The summed E-state index contributed by atoms with van der Waals surface area (Å²) in [7, 11) is 0. The SMILES string of the molecule is CC(C)(C)Sc1nc(-c2c[nH]c3ncc(F)cc23)nc(NC2C3CCC(C3)C2C(=O)O)c1F. The van der Waals surface area contributed by atoms with Crippen LogP contribution in [0.2, 0.25) is 0 Å². The van der Waals surface area contributed by atoms with Crippen LogP contribution in [0.4, 0.5) is 14.6 Å². The largest absolute Gasteiger partial charge is 0.481 e. The molecule has 5 rings (SSSR count). The standard InChI is InChI=1S/C23H25F2N5O2S/c1-23(2,3)33-21-16(25)20(28-17-11-5-4-10(6-11)15(17)22(31)32)29-19(30-21)14-9-27-18-13(14)7-12(24)8-26-18/h7-11,15,17H,4-6H2,1-3H3,(H,26,27)(H,31,32)(H,28,29,30). The van der Waals surface area contributed by atoms with Gasteiger partial charge in [-0.3, -0.25) is 4.79 Å². The number of carbonyl (C=O) groups is 1. The molecule has 2 bridgehead atoms. The predicted molar refractivity (Wildman–Crippen MR) is 122 cm³/mol. The van der Waals surface area contributed by atoms with E-state index in [4.69, 9.17) is 0 Å². The zero-order valence-corrected chi connectivity index (χ0v) is 19.3. The van der Waals surface area contributed by atoms with E-state index in [1.54, 1.807) is 6.20 Å². The van der Waals surface area contributed by atoms with Gasteiger partial charge in [-0.05, 0) is 37.2 Å². The van der Waals surface area contributed by atoms with Crippen LogP contribution < -0.4 is 5.32 Å². The highest BCUT2D eigenvalue weighted by atomic mass is 32.2. The van der Waals surface area contributed by atoms with Crippen molar-refractivity contribution in [3.8, 4) is 11.4 Å². The lowest BCUT2D eigenvalue weighted by atomic mass is 9.84. The number of aromatic amines is 1. The summed E-state index contributed by atoms with van der Waals surface area (Å²) in [5.74, 6) is -2.08. The molecule has 2 fully saturated rings. The monoisotopic (exact) mass is 473 g/mol. The van der Waals surface area contributed by atoms with Gasteiger partial charge in [-0.1, -0.05) is 32.5 Å². The van der Waals surface area contributed by atoms with Crippen LogP contribution in [0, 0.1) is 29.4 Å². The number of hydrogen-bond donors (Lipinski definition) is 3. The first-order chi connectivity index (χ1) is 15.6. The first-order valence-electron chi connectivity index (χ1n) is 11.0. The van der Waals surface area contributed by atoms with Crippen LogP contribution in [0.25, 0.3) is 22.4 Å². The molecule has 0 aliphatic heterocycles. The lowest BCUT2D eigenvalue weighted by Gasteiger charge is -2.29. The summed E-state index contributed by atoms with van der Waals surface area (Å²) in [6, 6.07) is 0.939. The number of halogens is 2. The molecule has 10 heteroatoms. The first kappa shape index (κ1) is 22.1. The van der Waals surface area contributed by atoms with Gasteiger partial charge >= 0.3 is 5.97 Å². The fraction of sp³-hybridized carbons (Fsp3) is 0.478. The molecule has 0 radical (unpaired) electrons. The molecule has 7 nitrogen and oxygen atoms in total. The van der Waals surface area contributed by atoms with Crippen molar-refractivity contribution in [2.75, 3.05) is 5.32 Å². The van der Waals surface area contributed by atoms with E-state index < -0.39 is 29.6 Å². The highest BCUT2D eigenvalue weighted by Crippen LogP contribution is 2.50. The van der Waals surface area contributed by atoms with Crippen molar-refractivity contribution in [3.05, 3.63) is 30.1 Å². The number of thioether (sulfide) groups is 1. The Morgan fingerprint density at radius 1 is 1.24 bits per heavy atom. The molecule has 3 heterocycles. The quantitative estimate of drug-likeness (QED) is 0.350. The molecule has 2 aliphatic carbocycles. The molecule has 0 saturated heterocycles. The molecule has 174 valence electrons. The third-order valence-corrected chi connectivity index (χ3v) is 7.54. The van der Waals surface area contributed by atoms with E-state index in [9.17, 15) is 14.3 Å². The number of carboxylic acid groups (broad SMARTS) is 1. The summed E-state index contributed by atoms with van der Waals surface area (Å²) in [6.07, 6.45) is 5.37. The molecular weight excluding hydrogens is 448 g/mol. The van der Waals surface area contributed by atoms with Crippen LogP contribution in [-0.2, 0) is 4.79 Å². The van der Waals surface area contributed by atoms with E-state index in [0.717, 1.165) is 25.5 Å². The first-order valence-corrected chi connectivity index (χ1v) is 11.8. The zero-order chi connectivity index (χ0) is 23.5. The van der Waals surface area contributed by atoms with Crippen molar-refractivity contribution in [1.29, 1.82) is 0 Å². The van der Waals surface area contributed by atoms with Crippen LogP contribution in [0.15, 0.2) is 23.5 Å². The predicted octanol–water partition coefficient (Wildman–Crippen LogP) is 5.10. The van der Waals surface area contributed by atoms with Gasteiger partial charge in [0.25, 0.3) is 0 Å². The van der Waals surface area contributed by atoms with Gasteiger partial charge in [0.1, 0.15) is 16.5 Å². The molecule has 0 amide bonds. The van der Waals surface area contributed by atoms with E-state index in [0.29, 0.717) is 16.6 Å². The van der Waals surface area contributed by atoms with E-state index in [1.165, 1.54) is 17.8 Å². The van der Waals surface area contributed by atoms with Crippen molar-refractivity contribution in [2.24, 2.45) is 17.8 Å². The summed E-state index contributed by atoms with van der Waals surface area (Å²) < 4.78 is 29.1. The summed E-state index contributed by atoms with van der Waals surface area (Å²) in [5, 5.41) is 13.6. The fourth-order valence-corrected chi connectivity index (χ4v) is 6.07. The lowest BCUT2D eigenvalue weighted by molar-refractivity contribution is -0.143. The molecule has 3 N–H and O–H groups in total. The molecule has 3 aromatic heterocycles. The lowest BCUT2D eigenvalue weighted by Crippen LogP contribution is -2.39. The third kappa shape index (κ3) is 4.05. The van der Waals surface area contributed by atoms with Crippen molar-refractivity contribution in [3.63, 3.8) is 0 Å². The highest BCUT2D eigenvalue weighted by molar-refractivity contribution is 8.00. The number of rotatable bonds is 5. The number of carboxylic acids is 1. The molecule has 33 heavy (non-hydrogen) atoms. The fourth-order valence-electron chi connectivity index (χ4n) is 5.18. The second-order valence-corrected chi connectivity index (χ2v) is 11.7. The molecule has 0 spiro atoms. The Morgan fingerprint density at radius 2 is 2.00 bits per heavy atom. The maximum Gasteiger partial charge on any atom is 0.308 e. The Balaban J connectivity index is 1.60. The highest BCUT2D eigenvalue weighted by Gasteiger charge is 2.51. The Hall–Kier alpha value is -2.75. The average Bonchev–Trinajstić information content (AvgIpc) is 3.44. The minimum atomic E-state index is -0.864. The maximum atomic E-state index is 15.6. The third-order valence-electron chi connectivity index (χ3n) is 6.47. The van der Waals surface area contributed by atoms with Gasteiger partial charge in [0.05, 0.1) is 12.1 Å². The second kappa shape index (κ2) is 7.93. The van der Waals surface area contributed by atoms with E-state index in [1.807, 2.05) is 20.8 Å². The molecular formula is C23H25F2N5O2S. The Morgan fingerprint density at radius 3 is 2.73 bits per heavy atom. The van der Waals surface area contributed by atoms with E-state index in [2.05, 4.69) is 25.3 Å². The van der Waals surface area contributed by atoms with Crippen molar-refractivity contribution >= 4 is 34.6 Å². The molecule has 3 aromatic rings. The van der Waals surface area contributed by atoms with Crippen molar-refractivity contribution in [2.45, 2.75) is 55.8 Å². The number of hydrogen-bond acceptors (Lipinski definition) is 6. The van der Waals surface area contributed by atoms with Gasteiger partial charge in [-0.25, -0.2) is 19.3 Å². The number of nitrogens with zero attached hydrogens (tertiary/aromatic N) is 3. The summed E-state index contributed by atoms with van der Waals surface area (Å²) in [4.78, 5) is 27.9. The Bertz CT molecular complexity index is 1240. The van der Waals surface area contributed by atoms with Crippen LogP contribution >= 0.6 is 11.8 Å². The number of H-pyrrole nitrogens is 1. The van der Waals surface area contributed by atoms with Gasteiger partial charge in [-0.2, -0.15) is 4.39 Å². The van der Waals surface area contributed by atoms with Crippen LogP contribution in [-0.4, -0.2) is 41.8 Å². The summed E-state index contributed by atoms with van der Waals surface area (Å²) >= 11 is 1.26. The Kier molecular flexibility index (Phi) is 5.30. The van der Waals surface area contributed by atoms with Gasteiger partial charge in [0.15, 0.2) is 17.5 Å². The molecule has 2 saturated carbocycles. The number of aliphatic carboxylic acids is 1. The number of fused-ring (bicyclic) bond motifs is 3. The number of anilines is 1. The second-order valence-electron chi connectivity index (χ2n) is 9.85. The zero-order valence-electron chi connectivity index (χ0n) is 18.5. The van der Waals surface area contributed by atoms with Crippen molar-refractivity contribution in [1.82, 2.24) is 19.9 Å². The van der Waals surface area contributed by atoms with Crippen LogP contribution in [0.5, 0.6) is 0 Å². The minimum absolute atomic E-state index is 0.0192. The van der Waals surface area contributed by atoms with Gasteiger partial charge < -0.3 is 15.4 Å². The van der Waals surface area contributed by atoms with Crippen LogP contribution in [0.1, 0.15) is 40.0 Å². The molecule has 2 aliphatic rings. The average molecular weight is 474 g/mol. The number of pyridine rings is 1. The maximum absolute atomic E-state index is 15.6.